The van der Waals surface area contributed by atoms with E-state index in [-0.39, 0.29) is 17.7 Å². The Morgan fingerprint density at radius 3 is 2.54 bits per heavy atom. The second kappa shape index (κ2) is 11.5. The number of anilines is 2. The van der Waals surface area contributed by atoms with Gasteiger partial charge in [0.05, 0.1) is 49.2 Å². The van der Waals surface area contributed by atoms with E-state index < -0.39 is 0 Å². The van der Waals surface area contributed by atoms with Gasteiger partial charge in [-0.3, -0.25) is 4.79 Å². The lowest BCUT2D eigenvalue weighted by Gasteiger charge is -2.22. The van der Waals surface area contributed by atoms with Gasteiger partial charge >= 0.3 is 0 Å². The lowest BCUT2D eigenvalue weighted by molar-refractivity contribution is -0.115. The standard InChI is InChI=1S/C28H31Cl2N5O4/c1-5-18(36)8-17-13-39-14-20(17)33-28-31-11-16-9-19(23-24(29)21(37-3)10-22(38-4)25(23)30)32-27(26(16)34-28)35(2)12-15-6-7-15/h5,9-11,15,17,20H,1,6-8,12-14H2,2-4H3,(H,31,33,34)/t17-,20+/m0/s1. The fraction of sp³-hybridized carbons (Fsp3) is 0.429. The van der Waals surface area contributed by atoms with Crippen LogP contribution >= 0.6 is 23.2 Å². The molecule has 2 atom stereocenters. The van der Waals surface area contributed by atoms with E-state index in [1.165, 1.54) is 33.1 Å². The Morgan fingerprint density at radius 1 is 1.18 bits per heavy atom. The van der Waals surface area contributed by atoms with E-state index in [2.05, 4.69) is 21.8 Å². The fourth-order valence-electron chi connectivity index (χ4n) is 4.84. The molecule has 1 saturated carbocycles. The minimum atomic E-state index is -0.0897. The van der Waals surface area contributed by atoms with Crippen LogP contribution < -0.4 is 19.7 Å². The average Bonchev–Trinajstić information content (AvgIpc) is 3.65. The molecule has 2 aromatic heterocycles. The summed E-state index contributed by atoms with van der Waals surface area (Å²) in [6.45, 7) is 5.39. The van der Waals surface area contributed by atoms with Gasteiger partial charge in [0.1, 0.15) is 17.0 Å². The van der Waals surface area contributed by atoms with E-state index in [4.69, 9.17) is 47.4 Å². The van der Waals surface area contributed by atoms with Gasteiger partial charge in [-0.25, -0.2) is 15.0 Å². The van der Waals surface area contributed by atoms with E-state index in [0.29, 0.717) is 75.6 Å². The first-order chi connectivity index (χ1) is 18.8. The summed E-state index contributed by atoms with van der Waals surface area (Å²) in [7, 11) is 5.09. The Morgan fingerprint density at radius 2 is 1.90 bits per heavy atom. The largest absolute Gasteiger partial charge is 0.495 e. The number of methoxy groups -OCH3 is 2. The van der Waals surface area contributed by atoms with Gasteiger partial charge in [0.15, 0.2) is 11.6 Å². The SMILES string of the molecule is C=CC(=O)C[C@H]1COC[C@H]1Nc1ncc2cc(-c3c(Cl)c(OC)cc(OC)c3Cl)nc(N(C)CC3CC3)c2n1. The third-order valence-electron chi connectivity index (χ3n) is 7.17. The monoisotopic (exact) mass is 571 g/mol. The van der Waals surface area contributed by atoms with Crippen molar-refractivity contribution in [1.82, 2.24) is 15.0 Å². The molecule has 0 spiro atoms. The molecule has 2 aliphatic rings. The van der Waals surface area contributed by atoms with Gasteiger partial charge in [-0.1, -0.05) is 29.8 Å². The number of allylic oxidation sites excluding steroid dienone is 1. The van der Waals surface area contributed by atoms with Crippen LogP contribution in [0.3, 0.4) is 0 Å². The molecule has 11 heteroatoms. The zero-order chi connectivity index (χ0) is 27.7. The summed E-state index contributed by atoms with van der Waals surface area (Å²) in [5.74, 6) is 2.63. The van der Waals surface area contributed by atoms with Crippen LogP contribution in [0.25, 0.3) is 22.2 Å². The lowest BCUT2D eigenvalue weighted by atomic mass is 9.97. The van der Waals surface area contributed by atoms with Gasteiger partial charge < -0.3 is 24.4 Å². The van der Waals surface area contributed by atoms with Gasteiger partial charge in [0.2, 0.25) is 5.95 Å². The average molecular weight is 572 g/mol. The number of carbonyl (C=O) groups excluding carboxylic acids is 1. The van der Waals surface area contributed by atoms with E-state index in [1.54, 1.807) is 12.3 Å². The molecule has 2 fully saturated rings. The Hall–Kier alpha value is -3.14. The summed E-state index contributed by atoms with van der Waals surface area (Å²) in [6, 6.07) is 3.43. The second-order valence-corrected chi connectivity index (χ2v) is 10.7. The number of pyridine rings is 1. The number of nitrogens with one attached hydrogen (secondary N) is 1. The summed E-state index contributed by atoms with van der Waals surface area (Å²) in [4.78, 5) is 28.5. The highest BCUT2D eigenvalue weighted by atomic mass is 35.5. The molecule has 206 valence electrons. The Labute approximate surface area is 237 Å². The van der Waals surface area contributed by atoms with Crippen molar-refractivity contribution in [3.63, 3.8) is 0 Å². The van der Waals surface area contributed by atoms with Crippen LogP contribution in [-0.4, -0.2) is 67.8 Å². The summed E-state index contributed by atoms with van der Waals surface area (Å²) >= 11 is 13.5. The van der Waals surface area contributed by atoms with Crippen LogP contribution in [-0.2, 0) is 9.53 Å². The number of ketones is 1. The maximum absolute atomic E-state index is 11.9. The first-order valence-corrected chi connectivity index (χ1v) is 13.6. The van der Waals surface area contributed by atoms with Crippen LogP contribution in [0.4, 0.5) is 11.8 Å². The number of carbonyl (C=O) groups is 1. The number of nitrogens with zero attached hydrogens (tertiary/aromatic N) is 4. The van der Waals surface area contributed by atoms with E-state index in [1.807, 2.05) is 13.1 Å². The van der Waals surface area contributed by atoms with Gasteiger partial charge in [0.25, 0.3) is 0 Å². The van der Waals surface area contributed by atoms with Crippen molar-refractivity contribution in [2.75, 3.05) is 51.2 Å². The van der Waals surface area contributed by atoms with Gasteiger partial charge in [-0.2, -0.15) is 0 Å². The summed E-state index contributed by atoms with van der Waals surface area (Å²) < 4.78 is 16.6. The predicted octanol–water partition coefficient (Wildman–Crippen LogP) is 5.43. The van der Waals surface area contributed by atoms with E-state index in [0.717, 1.165) is 11.9 Å². The number of fused-ring (bicyclic) bond motifs is 1. The van der Waals surface area contributed by atoms with E-state index >= 15 is 0 Å². The van der Waals surface area contributed by atoms with Gasteiger partial charge in [0, 0.05) is 49.1 Å². The molecule has 0 radical (unpaired) electrons. The number of benzene rings is 1. The third-order valence-corrected chi connectivity index (χ3v) is 7.92. The number of hydrogen-bond donors (Lipinski definition) is 1. The molecule has 5 rings (SSSR count). The summed E-state index contributed by atoms with van der Waals surface area (Å²) in [5.41, 5.74) is 1.76. The highest BCUT2D eigenvalue weighted by Gasteiger charge is 2.31. The molecule has 1 aliphatic carbocycles. The molecule has 0 unspecified atom stereocenters. The Balaban J connectivity index is 1.57. The number of rotatable bonds is 11. The van der Waals surface area contributed by atoms with Crippen LogP contribution in [0.15, 0.2) is 31.0 Å². The van der Waals surface area contributed by atoms with Gasteiger partial charge in [-0.15, -0.1) is 0 Å². The normalized spacial score (nSPS) is 18.7. The minimum Gasteiger partial charge on any atom is -0.495 e. The molecule has 1 saturated heterocycles. The van der Waals surface area contributed by atoms with Crippen LogP contribution in [0.5, 0.6) is 11.5 Å². The quantitative estimate of drug-likeness (QED) is 0.302. The molecule has 3 heterocycles. The van der Waals surface area contributed by atoms with Crippen molar-refractivity contribution in [2.45, 2.75) is 25.3 Å². The molecule has 39 heavy (non-hydrogen) atoms. The first kappa shape index (κ1) is 27.4. The minimum absolute atomic E-state index is 0.0102. The molecule has 1 N–H and O–H groups in total. The summed E-state index contributed by atoms with van der Waals surface area (Å²) in [6.07, 6.45) is 5.86. The third kappa shape index (κ3) is 5.76. The van der Waals surface area contributed by atoms with Crippen molar-refractivity contribution in [3.05, 3.63) is 41.0 Å². The smallest absolute Gasteiger partial charge is 0.223 e. The second-order valence-electron chi connectivity index (χ2n) is 9.99. The zero-order valence-corrected chi connectivity index (χ0v) is 23.7. The maximum atomic E-state index is 11.9. The van der Waals surface area contributed by atoms with Crippen LogP contribution in [0.1, 0.15) is 19.3 Å². The van der Waals surface area contributed by atoms with Crippen LogP contribution in [0.2, 0.25) is 10.0 Å². The van der Waals surface area contributed by atoms with Crippen LogP contribution in [0, 0.1) is 11.8 Å². The van der Waals surface area contributed by atoms with Crippen molar-refractivity contribution in [1.29, 1.82) is 0 Å². The zero-order valence-electron chi connectivity index (χ0n) is 22.2. The fourth-order valence-corrected chi connectivity index (χ4v) is 5.53. The summed E-state index contributed by atoms with van der Waals surface area (Å²) in [5, 5.41) is 4.83. The van der Waals surface area contributed by atoms with Crippen molar-refractivity contribution >= 4 is 51.7 Å². The molecular formula is C28H31Cl2N5O4. The molecule has 1 aliphatic heterocycles. The number of ether oxygens (including phenoxy) is 3. The Bertz CT molecular complexity index is 1390. The lowest BCUT2D eigenvalue weighted by Crippen LogP contribution is -2.30. The molecular weight excluding hydrogens is 541 g/mol. The number of halogens is 2. The van der Waals surface area contributed by atoms with Crippen molar-refractivity contribution in [3.8, 4) is 22.8 Å². The van der Waals surface area contributed by atoms with Crippen molar-refractivity contribution in [2.24, 2.45) is 11.8 Å². The molecule has 0 amide bonds. The predicted molar refractivity (Wildman–Crippen MR) is 153 cm³/mol. The molecule has 9 nitrogen and oxygen atoms in total. The maximum Gasteiger partial charge on any atom is 0.223 e. The van der Waals surface area contributed by atoms with Crippen molar-refractivity contribution < 1.29 is 19.0 Å². The number of aromatic nitrogens is 3. The molecule has 3 aromatic rings. The Kier molecular flexibility index (Phi) is 8.11. The number of hydrogen-bond acceptors (Lipinski definition) is 9. The topological polar surface area (TPSA) is 98.7 Å². The van der Waals surface area contributed by atoms with E-state index in [9.17, 15) is 4.79 Å². The highest BCUT2D eigenvalue weighted by molar-refractivity contribution is 6.41. The molecule has 0 bridgehead atoms. The first-order valence-electron chi connectivity index (χ1n) is 12.8. The highest BCUT2D eigenvalue weighted by Crippen LogP contribution is 2.46. The molecule has 1 aromatic carbocycles. The van der Waals surface area contributed by atoms with Gasteiger partial charge in [-0.05, 0) is 30.9 Å².